The third-order valence-corrected chi connectivity index (χ3v) is 13.9. The van der Waals surface area contributed by atoms with Crippen LogP contribution in [-0.4, -0.2) is 109 Å². The van der Waals surface area contributed by atoms with Crippen LogP contribution in [0, 0.1) is 11.6 Å². The number of hydrogen-bond donors (Lipinski definition) is 10. The number of benzene rings is 5. The van der Waals surface area contributed by atoms with Crippen LogP contribution in [0.3, 0.4) is 0 Å². The molecule has 22 heteroatoms. The molecule has 2 aliphatic rings. The lowest BCUT2D eigenvalue weighted by Crippen LogP contribution is -2.50. The first-order chi connectivity index (χ1) is 39.9. The number of fused-ring (bicyclic) bond motifs is 4. The summed E-state index contributed by atoms with van der Waals surface area (Å²) in [6.45, 7) is 8.78. The fraction of sp³-hybridized carbons (Fsp3) is 0.393. The number of guanidine groups is 1. The van der Waals surface area contributed by atoms with Gasteiger partial charge in [0.2, 0.25) is 17.7 Å². The van der Waals surface area contributed by atoms with E-state index in [4.69, 9.17) is 15.2 Å². The van der Waals surface area contributed by atoms with E-state index in [9.17, 15) is 42.7 Å². The zero-order valence-corrected chi connectivity index (χ0v) is 47.2. The number of hydrogen-bond acceptors (Lipinski definition) is 11. The lowest BCUT2D eigenvalue weighted by atomic mass is 9.98. The number of anilines is 1. The van der Waals surface area contributed by atoms with Gasteiger partial charge in [0, 0.05) is 81.7 Å². The summed E-state index contributed by atoms with van der Waals surface area (Å²) in [6.07, 6.45) is 0.721. The molecule has 3 atom stereocenters. The number of halogens is 2. The van der Waals surface area contributed by atoms with E-state index in [1.165, 1.54) is 0 Å². The Hall–Kier alpha value is -8.79. The van der Waals surface area contributed by atoms with Gasteiger partial charge in [-0.1, -0.05) is 84.9 Å². The maximum atomic E-state index is 14.8. The molecular formula is C61H75F2N11O9. The number of nitrogens with one attached hydrogen (secondary N) is 8. The van der Waals surface area contributed by atoms with Gasteiger partial charge in [0.1, 0.15) is 47.7 Å². The standard InChI is InChI=1S/C61H75F2N11O9/c1-5-65-58(79)73-57(64)68-28-15-26-51(55(77)70-34-47-49(62)32-42(75)33-50(47)63)71-56(78)53(74-35-39-17-6-7-18-40(39)36-74)38-19-14-20-41(31-38)66-29-16-30-67-54(76)52(72-60(81)83-61(2,3)4)25-12-13-27-69-59(80)82-37-48-45-23-10-8-21-43(45)44-22-9-11-24-46(44)48/h6-11,14,17-24,31-33,48,51-53,66,75H,5,12-13,15-16,25-30,34-37H2,1-4H3,(H,67,76)(H,69,80)(H,70,77)(H,71,78)(H,72,81)(H4,64,65,68,73,79)/t51-,52-,53+/m1/s1. The van der Waals surface area contributed by atoms with E-state index in [-0.39, 0.29) is 50.8 Å². The first kappa shape index (κ1) is 61.8. The highest BCUT2D eigenvalue weighted by Crippen LogP contribution is 2.44. The summed E-state index contributed by atoms with van der Waals surface area (Å²) in [5.74, 6) is -4.63. The Labute approximate surface area is 482 Å². The molecule has 0 saturated carbocycles. The lowest BCUT2D eigenvalue weighted by Gasteiger charge is -2.29. The van der Waals surface area contributed by atoms with Crippen LogP contribution in [0.2, 0.25) is 0 Å². The number of amides is 7. The number of phenols is 1. The van der Waals surface area contributed by atoms with Crippen molar-refractivity contribution in [1.82, 2.24) is 42.1 Å². The number of nitrogens with zero attached hydrogens (tertiary/aromatic N) is 2. The molecule has 83 heavy (non-hydrogen) atoms. The van der Waals surface area contributed by atoms with Gasteiger partial charge in [0.15, 0.2) is 5.96 Å². The van der Waals surface area contributed by atoms with E-state index < -0.39 is 89.2 Å². The molecule has 5 aromatic carbocycles. The fourth-order valence-corrected chi connectivity index (χ4v) is 10.0. The predicted molar refractivity (Wildman–Crippen MR) is 311 cm³/mol. The van der Waals surface area contributed by atoms with Crippen molar-refractivity contribution in [3.8, 4) is 16.9 Å². The van der Waals surface area contributed by atoms with Crippen LogP contribution in [0.1, 0.15) is 112 Å². The molecule has 20 nitrogen and oxygen atoms in total. The molecule has 5 aromatic rings. The Morgan fingerprint density at radius 3 is 1.94 bits per heavy atom. The first-order valence-electron chi connectivity index (χ1n) is 28.0. The molecule has 0 fully saturated rings. The van der Waals surface area contributed by atoms with Crippen molar-refractivity contribution in [2.45, 2.75) is 115 Å². The number of aliphatic imine (C=N–C) groups is 1. The Kier molecular flexibility index (Phi) is 22.2. The van der Waals surface area contributed by atoms with Crippen molar-refractivity contribution in [2.24, 2.45) is 10.7 Å². The highest BCUT2D eigenvalue weighted by atomic mass is 19.1. The number of nitrogens with two attached hydrogens (primary N) is 1. The van der Waals surface area contributed by atoms with E-state index in [2.05, 4.69) is 71.8 Å². The third-order valence-electron chi connectivity index (χ3n) is 13.9. The van der Waals surface area contributed by atoms with E-state index in [0.29, 0.717) is 63.2 Å². The van der Waals surface area contributed by atoms with Gasteiger partial charge in [-0.2, -0.15) is 4.99 Å². The summed E-state index contributed by atoms with van der Waals surface area (Å²) in [7, 11) is 0. The fourth-order valence-electron chi connectivity index (χ4n) is 10.0. The van der Waals surface area contributed by atoms with Gasteiger partial charge >= 0.3 is 18.2 Å². The molecule has 0 saturated heterocycles. The summed E-state index contributed by atoms with van der Waals surface area (Å²) in [6, 6.07) is 29.0. The molecule has 1 aliphatic heterocycles. The van der Waals surface area contributed by atoms with Crippen LogP contribution < -0.4 is 48.3 Å². The second kappa shape index (κ2) is 29.8. The Morgan fingerprint density at radius 1 is 0.675 bits per heavy atom. The zero-order valence-electron chi connectivity index (χ0n) is 47.2. The molecule has 0 unspecified atom stereocenters. The molecule has 1 heterocycles. The Morgan fingerprint density at radius 2 is 1.28 bits per heavy atom. The largest absolute Gasteiger partial charge is 0.508 e. The van der Waals surface area contributed by atoms with Crippen molar-refractivity contribution in [2.75, 3.05) is 44.6 Å². The molecule has 7 rings (SSSR count). The van der Waals surface area contributed by atoms with Gasteiger partial charge in [0.25, 0.3) is 0 Å². The summed E-state index contributed by atoms with van der Waals surface area (Å²) in [4.78, 5) is 85.6. The first-order valence-corrected chi connectivity index (χ1v) is 28.0. The topological polar surface area (TPSA) is 279 Å². The summed E-state index contributed by atoms with van der Waals surface area (Å²) >= 11 is 0. The van der Waals surface area contributed by atoms with Crippen LogP contribution >= 0.6 is 0 Å². The van der Waals surface area contributed by atoms with E-state index in [1.54, 1.807) is 39.8 Å². The molecular weight excluding hydrogens is 1070 g/mol. The number of ether oxygens (including phenoxy) is 2. The highest BCUT2D eigenvalue weighted by molar-refractivity contribution is 5.92. The normalized spacial score (nSPS) is 13.9. The van der Waals surface area contributed by atoms with Gasteiger partial charge in [-0.15, -0.1) is 0 Å². The number of alkyl carbamates (subject to hydrolysis) is 2. The van der Waals surface area contributed by atoms with Crippen LogP contribution in [0.25, 0.3) is 11.1 Å². The Bertz CT molecular complexity index is 3030. The zero-order chi connectivity index (χ0) is 59.5. The smallest absolute Gasteiger partial charge is 0.408 e. The monoisotopic (exact) mass is 1140 g/mol. The van der Waals surface area contributed by atoms with Gasteiger partial charge in [-0.05, 0) is 117 Å². The molecule has 0 bridgehead atoms. The molecule has 7 amide bonds. The molecule has 0 aromatic heterocycles. The molecule has 0 spiro atoms. The SMILES string of the molecule is CCNC(=O)/N=C(/N)NCCC[C@@H](NC(=O)[C@H](c1cccc(NCCCNC(=O)[C@@H](CCCCNC(=O)OCC2c3ccccc3-c3ccccc32)NC(=O)OC(C)(C)C)c1)N1Cc2ccccc2C1)C(=O)NCc1c(F)cc(O)cc1F. The molecule has 11 N–H and O–H groups in total. The molecule has 0 radical (unpaired) electrons. The quantitative estimate of drug-likeness (QED) is 0.0146. The van der Waals surface area contributed by atoms with Crippen molar-refractivity contribution in [1.29, 1.82) is 0 Å². The lowest BCUT2D eigenvalue weighted by molar-refractivity contribution is -0.132. The van der Waals surface area contributed by atoms with Crippen LogP contribution in [0.5, 0.6) is 5.75 Å². The second-order valence-corrected chi connectivity index (χ2v) is 21.3. The van der Waals surface area contributed by atoms with E-state index in [0.717, 1.165) is 45.5 Å². The van der Waals surface area contributed by atoms with Gasteiger partial charge in [-0.3, -0.25) is 19.3 Å². The maximum Gasteiger partial charge on any atom is 0.408 e. The number of carbonyl (C=O) groups is 6. The number of urea groups is 1. The minimum atomic E-state index is -1.21. The number of carbonyl (C=O) groups excluding carboxylic acids is 6. The minimum Gasteiger partial charge on any atom is -0.508 e. The summed E-state index contributed by atoms with van der Waals surface area (Å²) < 4.78 is 40.6. The average Bonchev–Trinajstić information content (AvgIpc) is 4.26. The molecule has 442 valence electrons. The number of aromatic hydroxyl groups is 1. The van der Waals surface area contributed by atoms with Crippen LogP contribution in [0.4, 0.5) is 28.9 Å². The highest BCUT2D eigenvalue weighted by Gasteiger charge is 2.35. The van der Waals surface area contributed by atoms with Crippen molar-refractivity contribution >= 4 is 47.6 Å². The van der Waals surface area contributed by atoms with E-state index in [1.807, 2.05) is 65.6 Å². The number of phenolic OH excluding ortho intramolecular Hbond substituents is 1. The van der Waals surface area contributed by atoms with Crippen LogP contribution in [-0.2, 0) is 43.5 Å². The number of rotatable bonds is 26. The van der Waals surface area contributed by atoms with Crippen LogP contribution in [0.15, 0.2) is 114 Å². The molecule has 1 aliphatic carbocycles. The summed E-state index contributed by atoms with van der Waals surface area (Å²) in [5, 5.41) is 32.2. The second-order valence-electron chi connectivity index (χ2n) is 21.3. The predicted octanol–water partition coefficient (Wildman–Crippen LogP) is 7.46. The summed E-state index contributed by atoms with van der Waals surface area (Å²) in [5.41, 5.74) is 12.4. The van der Waals surface area contributed by atoms with Crippen molar-refractivity contribution < 1.29 is 52.1 Å². The van der Waals surface area contributed by atoms with E-state index >= 15 is 0 Å². The Balaban J connectivity index is 0.942. The van der Waals surface area contributed by atoms with Gasteiger partial charge in [0.05, 0.1) is 0 Å². The van der Waals surface area contributed by atoms with Crippen molar-refractivity contribution in [3.63, 3.8) is 0 Å². The minimum absolute atomic E-state index is 0.0334. The van der Waals surface area contributed by atoms with Gasteiger partial charge in [-0.25, -0.2) is 23.2 Å². The average molecular weight is 1140 g/mol. The number of unbranched alkanes of at least 4 members (excludes halogenated alkanes) is 1. The third kappa shape index (κ3) is 18.1. The maximum absolute atomic E-state index is 14.8. The van der Waals surface area contributed by atoms with Crippen molar-refractivity contribution in [3.05, 3.63) is 154 Å². The van der Waals surface area contributed by atoms with Gasteiger partial charge < -0.3 is 62.8 Å².